The molecule has 0 spiro atoms. The summed E-state index contributed by atoms with van der Waals surface area (Å²) in [6.07, 6.45) is -2.14. The Labute approximate surface area is 259 Å². The lowest BCUT2D eigenvalue weighted by Gasteiger charge is -2.41. The molecule has 0 aliphatic carbocycles. The molecule has 3 aromatic carbocycles. The Morgan fingerprint density at radius 1 is 0.909 bits per heavy atom. The van der Waals surface area contributed by atoms with Gasteiger partial charge in [-0.25, -0.2) is 4.79 Å². The molecule has 0 amide bonds. The number of esters is 1. The molecule has 0 saturated carbocycles. The Hall–Kier alpha value is -3.29. The van der Waals surface area contributed by atoms with Gasteiger partial charge >= 0.3 is 21.3 Å². The van der Waals surface area contributed by atoms with Crippen LogP contribution in [0.2, 0.25) is 0 Å². The third kappa shape index (κ3) is 7.49. The molecule has 3 atom stereocenters. The Bertz CT molecular complexity index is 1590. The minimum atomic E-state index is -5.66. The Morgan fingerprint density at radius 3 is 1.82 bits per heavy atom. The summed E-state index contributed by atoms with van der Waals surface area (Å²) in [5.41, 5.74) is 0.220. The van der Waals surface area contributed by atoms with Gasteiger partial charge in [-0.2, -0.15) is 17.2 Å². The monoisotopic (exact) mass is 649 g/mol. The number of carbonyl (C=O) groups is 1. The van der Waals surface area contributed by atoms with Gasteiger partial charge in [0, 0.05) is 5.57 Å². The lowest BCUT2D eigenvalue weighted by Crippen LogP contribution is -2.47. The molecular formula is C32H35F2O8S2+. The van der Waals surface area contributed by atoms with E-state index in [0.717, 1.165) is 27.2 Å². The largest absolute Gasteiger partial charge is 0.483 e. The molecule has 1 aliphatic heterocycles. The number of halogens is 2. The van der Waals surface area contributed by atoms with Crippen LogP contribution in [0, 0.1) is 0 Å². The lowest BCUT2D eigenvalue weighted by atomic mass is 9.94. The summed E-state index contributed by atoms with van der Waals surface area (Å²) >= 11 is 0. The predicted octanol–water partition coefficient (Wildman–Crippen LogP) is 6.55. The average Bonchev–Trinajstić information content (AvgIpc) is 2.96. The van der Waals surface area contributed by atoms with Crippen LogP contribution >= 0.6 is 0 Å². The van der Waals surface area contributed by atoms with Crippen LogP contribution < -0.4 is 9.47 Å². The lowest BCUT2D eigenvalue weighted by molar-refractivity contribution is -0.221. The van der Waals surface area contributed by atoms with Crippen molar-refractivity contribution in [1.82, 2.24) is 0 Å². The molecule has 236 valence electrons. The van der Waals surface area contributed by atoms with Gasteiger partial charge in [-0.1, -0.05) is 18.7 Å². The highest BCUT2D eigenvalue weighted by atomic mass is 32.2. The second-order valence-corrected chi connectivity index (χ2v) is 14.8. The zero-order valence-electron chi connectivity index (χ0n) is 25.0. The van der Waals surface area contributed by atoms with Gasteiger partial charge in [0.1, 0.15) is 17.1 Å². The molecular weight excluding hydrogens is 614 g/mol. The van der Waals surface area contributed by atoms with Crippen LogP contribution in [0.5, 0.6) is 11.5 Å². The van der Waals surface area contributed by atoms with E-state index in [1.807, 2.05) is 57.2 Å². The van der Waals surface area contributed by atoms with Crippen LogP contribution in [0.4, 0.5) is 8.78 Å². The van der Waals surface area contributed by atoms with E-state index in [2.05, 4.69) is 6.58 Å². The minimum Gasteiger partial charge on any atom is -0.483 e. The summed E-state index contributed by atoms with van der Waals surface area (Å²) in [5.74, 6) is -0.193. The van der Waals surface area contributed by atoms with E-state index < -0.39 is 43.9 Å². The first-order valence-electron chi connectivity index (χ1n) is 13.6. The molecule has 3 aromatic rings. The van der Waals surface area contributed by atoms with Crippen LogP contribution in [-0.2, 0) is 40.9 Å². The zero-order valence-corrected chi connectivity index (χ0v) is 26.6. The Morgan fingerprint density at radius 2 is 1.39 bits per heavy atom. The fourth-order valence-electron chi connectivity index (χ4n) is 4.24. The fourth-order valence-corrected chi connectivity index (χ4v) is 6.75. The van der Waals surface area contributed by atoms with Crippen molar-refractivity contribution >= 4 is 27.0 Å². The van der Waals surface area contributed by atoms with Crippen molar-refractivity contribution in [3.05, 3.63) is 90.5 Å². The highest BCUT2D eigenvalue weighted by Gasteiger charge is 2.51. The normalized spacial score (nSPS) is 19.9. The predicted molar refractivity (Wildman–Crippen MR) is 162 cm³/mol. The third-order valence-electron chi connectivity index (χ3n) is 6.99. The molecule has 0 aromatic heterocycles. The van der Waals surface area contributed by atoms with Gasteiger partial charge in [0.25, 0.3) is 0 Å². The number of alkyl halides is 2. The maximum absolute atomic E-state index is 14.0. The van der Waals surface area contributed by atoms with Crippen molar-refractivity contribution in [2.45, 2.75) is 71.9 Å². The average molecular weight is 650 g/mol. The number of rotatable bonds is 10. The van der Waals surface area contributed by atoms with Crippen molar-refractivity contribution < 1.29 is 45.5 Å². The zero-order chi connectivity index (χ0) is 32.5. The topological polar surface area (TPSA) is 108 Å². The highest BCUT2D eigenvalue weighted by molar-refractivity contribution is 7.97. The molecule has 0 radical (unpaired) electrons. The number of carbonyl (C=O) groups excluding carboxylic acids is 1. The molecule has 1 fully saturated rings. The summed E-state index contributed by atoms with van der Waals surface area (Å²) < 4.78 is 81.9. The molecule has 4 rings (SSSR count). The van der Waals surface area contributed by atoms with E-state index in [9.17, 15) is 22.0 Å². The van der Waals surface area contributed by atoms with Gasteiger partial charge in [-0.05, 0) is 101 Å². The number of hydrogen-bond donors (Lipinski definition) is 1. The van der Waals surface area contributed by atoms with Crippen LogP contribution in [0.25, 0.3) is 0 Å². The molecule has 44 heavy (non-hydrogen) atoms. The summed E-state index contributed by atoms with van der Waals surface area (Å²) in [7, 11) is -6.37. The summed E-state index contributed by atoms with van der Waals surface area (Å²) in [6.45, 7) is 12.8. The van der Waals surface area contributed by atoms with E-state index in [0.29, 0.717) is 19.0 Å². The fraction of sp³-hybridized carbons (Fsp3) is 0.344. The highest BCUT2D eigenvalue weighted by Crippen LogP contribution is 2.37. The van der Waals surface area contributed by atoms with Gasteiger partial charge in [0.15, 0.2) is 20.8 Å². The molecule has 1 aliphatic rings. The van der Waals surface area contributed by atoms with E-state index in [1.54, 1.807) is 31.2 Å². The Balaban J connectivity index is 1.65. The first kappa shape index (κ1) is 33.6. The molecule has 3 unspecified atom stereocenters. The van der Waals surface area contributed by atoms with Gasteiger partial charge in [0.05, 0.1) is 29.7 Å². The van der Waals surface area contributed by atoms with Crippen LogP contribution in [0.3, 0.4) is 0 Å². The maximum atomic E-state index is 14.0. The number of ether oxygens (including phenoxy) is 4. The van der Waals surface area contributed by atoms with E-state index in [4.69, 9.17) is 23.5 Å². The van der Waals surface area contributed by atoms with Crippen molar-refractivity contribution in [2.24, 2.45) is 0 Å². The summed E-state index contributed by atoms with van der Waals surface area (Å²) in [4.78, 5) is 14.6. The van der Waals surface area contributed by atoms with Crippen LogP contribution in [-0.4, -0.2) is 49.1 Å². The smallest absolute Gasteiger partial charge is 0.405 e. The van der Waals surface area contributed by atoms with E-state index in [-0.39, 0.29) is 16.9 Å². The molecule has 0 bridgehead atoms. The molecule has 1 heterocycles. The van der Waals surface area contributed by atoms with E-state index >= 15 is 0 Å². The molecule has 12 heteroatoms. The SMILES string of the molecule is C=C(C)C(=O)Oc1ccc([S+](c2ccc(OC(C)C(F)(F)S(=O)(=O)O)cc2)c2ccc(C3(C)COC(C)(C)CO3)cc2)cc1. The van der Waals surface area contributed by atoms with Gasteiger partial charge in [-0.3, -0.25) is 4.55 Å². The maximum Gasteiger partial charge on any atom is 0.405 e. The standard InChI is InChI=1S/C32H34F2O8S2/c1-21(2)29(35)42-25-11-17-28(18-12-25)43(26-13-7-23(8-14-26)31(6)20-39-30(4,5)19-40-31)27-15-9-24(10-16-27)41-22(3)32(33,34)44(36,37)38/h7-18,22H,1,19-20H2,2-6H3/p+1. The van der Waals surface area contributed by atoms with Gasteiger partial charge in [-0.15, -0.1) is 0 Å². The molecule has 1 saturated heterocycles. The number of benzene rings is 3. The van der Waals surface area contributed by atoms with Crippen LogP contribution in [0.15, 0.2) is 99.6 Å². The van der Waals surface area contributed by atoms with Crippen molar-refractivity contribution in [3.63, 3.8) is 0 Å². The van der Waals surface area contributed by atoms with Crippen molar-refractivity contribution in [2.75, 3.05) is 13.2 Å². The first-order chi connectivity index (χ1) is 20.4. The second kappa shape index (κ2) is 12.6. The second-order valence-electron chi connectivity index (χ2n) is 11.3. The summed E-state index contributed by atoms with van der Waals surface area (Å²) in [6, 6.07) is 21.3. The first-order valence-corrected chi connectivity index (χ1v) is 16.3. The Kier molecular flexibility index (Phi) is 9.62. The van der Waals surface area contributed by atoms with Crippen molar-refractivity contribution in [1.29, 1.82) is 0 Å². The minimum absolute atomic E-state index is 0.00387. The van der Waals surface area contributed by atoms with Crippen molar-refractivity contribution in [3.8, 4) is 11.5 Å². The summed E-state index contributed by atoms with van der Waals surface area (Å²) in [5, 5.41) is -4.49. The third-order valence-corrected chi connectivity index (χ3v) is 10.2. The number of hydrogen-bond acceptors (Lipinski definition) is 7. The van der Waals surface area contributed by atoms with Crippen LogP contribution in [0.1, 0.15) is 40.2 Å². The molecule has 8 nitrogen and oxygen atoms in total. The van der Waals surface area contributed by atoms with Gasteiger partial charge < -0.3 is 18.9 Å². The van der Waals surface area contributed by atoms with E-state index in [1.165, 1.54) is 12.1 Å². The quantitative estimate of drug-likeness (QED) is 0.0866. The van der Waals surface area contributed by atoms with Gasteiger partial charge in [0.2, 0.25) is 0 Å². The molecule has 1 N–H and O–H groups in total.